The van der Waals surface area contributed by atoms with Crippen LogP contribution >= 0.6 is 12.6 Å². The van der Waals surface area contributed by atoms with Crippen LogP contribution in [0.15, 0.2) is 41.9 Å². The number of carbonyl (C=O) groups excluding carboxylic acids is 2. The Morgan fingerprint density at radius 3 is 2.38 bits per heavy atom. The van der Waals surface area contributed by atoms with Crippen LogP contribution in [-0.2, 0) is 11.2 Å². The van der Waals surface area contributed by atoms with Crippen molar-refractivity contribution in [3.63, 3.8) is 0 Å². The van der Waals surface area contributed by atoms with Gasteiger partial charge in [-0.05, 0) is 12.0 Å². The molecule has 0 aliphatic rings. The first-order valence-electron chi connectivity index (χ1n) is 6.64. The second kappa shape index (κ2) is 8.36. The van der Waals surface area contributed by atoms with Crippen LogP contribution in [0.1, 0.15) is 12.0 Å². The summed E-state index contributed by atoms with van der Waals surface area (Å²) in [5, 5.41) is 0.377. The summed E-state index contributed by atoms with van der Waals surface area (Å²) in [4.78, 5) is 26.0. The molecule has 1 rings (SSSR count). The number of hydrogen-bond donors (Lipinski definition) is 2. The highest BCUT2D eigenvalue weighted by Gasteiger charge is 2.19. The molecule has 0 unspecified atom stereocenters. The van der Waals surface area contributed by atoms with Crippen molar-refractivity contribution in [2.75, 3.05) is 20.1 Å². The maximum atomic E-state index is 12.3. The zero-order chi connectivity index (χ0) is 15.8. The molecule has 3 amide bonds. The van der Waals surface area contributed by atoms with Crippen LogP contribution < -0.4 is 5.73 Å². The maximum absolute atomic E-state index is 12.3. The quantitative estimate of drug-likeness (QED) is 0.755. The molecule has 114 valence electrons. The molecule has 0 aromatic heterocycles. The van der Waals surface area contributed by atoms with Crippen molar-refractivity contribution in [2.24, 2.45) is 5.73 Å². The Bertz CT molecular complexity index is 505. The lowest BCUT2D eigenvalue weighted by atomic mass is 10.1. The fourth-order valence-electron chi connectivity index (χ4n) is 1.80. The van der Waals surface area contributed by atoms with Gasteiger partial charge in [-0.1, -0.05) is 36.9 Å². The molecule has 0 aliphatic carbocycles. The number of primary amides is 1. The van der Waals surface area contributed by atoms with Gasteiger partial charge in [0, 0.05) is 26.6 Å². The lowest BCUT2D eigenvalue weighted by molar-refractivity contribution is -0.118. The highest BCUT2D eigenvalue weighted by atomic mass is 32.1. The lowest BCUT2D eigenvalue weighted by Crippen LogP contribution is -2.41. The number of rotatable bonds is 7. The zero-order valence-corrected chi connectivity index (χ0v) is 13.1. The summed E-state index contributed by atoms with van der Waals surface area (Å²) < 4.78 is 0. The van der Waals surface area contributed by atoms with Crippen molar-refractivity contribution in [2.45, 2.75) is 12.8 Å². The fraction of sp³-hybridized carbons (Fsp3) is 0.333. The minimum atomic E-state index is -0.435. The molecule has 21 heavy (non-hydrogen) atoms. The van der Waals surface area contributed by atoms with E-state index < -0.39 is 5.91 Å². The first-order valence-corrected chi connectivity index (χ1v) is 7.09. The SMILES string of the molecule is C=C(S)N(CCc1ccccc1)C(=O)N(C)CCC(N)=O. The van der Waals surface area contributed by atoms with Gasteiger partial charge in [0.05, 0.1) is 5.03 Å². The number of urea groups is 1. The predicted molar refractivity (Wildman–Crippen MR) is 86.8 cm³/mol. The molecular formula is C15H21N3O2S. The largest absolute Gasteiger partial charge is 0.370 e. The van der Waals surface area contributed by atoms with Gasteiger partial charge in [0.2, 0.25) is 5.91 Å². The topological polar surface area (TPSA) is 66.6 Å². The molecule has 0 fully saturated rings. The first-order chi connectivity index (χ1) is 9.91. The van der Waals surface area contributed by atoms with E-state index >= 15 is 0 Å². The number of benzene rings is 1. The van der Waals surface area contributed by atoms with E-state index in [0.717, 1.165) is 5.56 Å². The minimum Gasteiger partial charge on any atom is -0.370 e. The Balaban J connectivity index is 2.61. The fourth-order valence-corrected chi connectivity index (χ4v) is 1.99. The Hall–Kier alpha value is -1.95. The molecule has 0 heterocycles. The summed E-state index contributed by atoms with van der Waals surface area (Å²) in [5.41, 5.74) is 6.22. The second-order valence-corrected chi connectivity index (χ2v) is 5.24. The molecule has 6 heteroatoms. The van der Waals surface area contributed by atoms with Crippen LogP contribution in [0.3, 0.4) is 0 Å². The van der Waals surface area contributed by atoms with Gasteiger partial charge in [-0.2, -0.15) is 0 Å². The van der Waals surface area contributed by atoms with E-state index in [1.54, 1.807) is 7.05 Å². The summed E-state index contributed by atoms with van der Waals surface area (Å²) >= 11 is 4.17. The molecule has 0 aliphatic heterocycles. The maximum Gasteiger partial charge on any atom is 0.324 e. The predicted octanol–water partition coefficient (Wildman–Crippen LogP) is 1.86. The second-order valence-electron chi connectivity index (χ2n) is 4.72. The van der Waals surface area contributed by atoms with E-state index in [1.165, 1.54) is 9.80 Å². The van der Waals surface area contributed by atoms with Crippen LogP contribution in [0, 0.1) is 0 Å². The number of carbonyl (C=O) groups is 2. The highest BCUT2D eigenvalue weighted by Crippen LogP contribution is 2.12. The van der Waals surface area contributed by atoms with Gasteiger partial charge < -0.3 is 10.6 Å². The van der Waals surface area contributed by atoms with Gasteiger partial charge in [0.15, 0.2) is 0 Å². The van der Waals surface area contributed by atoms with Gasteiger partial charge in [0.1, 0.15) is 0 Å². The van der Waals surface area contributed by atoms with Crippen LogP contribution in [0.2, 0.25) is 0 Å². The number of hydrogen-bond acceptors (Lipinski definition) is 3. The average Bonchev–Trinajstić information content (AvgIpc) is 2.45. The Morgan fingerprint density at radius 1 is 1.24 bits per heavy atom. The molecule has 0 bridgehead atoms. The first kappa shape index (κ1) is 17.1. The molecular weight excluding hydrogens is 286 g/mol. The Morgan fingerprint density at radius 2 is 1.86 bits per heavy atom. The molecule has 2 N–H and O–H groups in total. The smallest absolute Gasteiger partial charge is 0.324 e. The van der Waals surface area contributed by atoms with Crippen molar-refractivity contribution in [1.29, 1.82) is 0 Å². The van der Waals surface area contributed by atoms with Crippen molar-refractivity contribution >= 4 is 24.6 Å². The van der Waals surface area contributed by atoms with Crippen LogP contribution in [0.5, 0.6) is 0 Å². The van der Waals surface area contributed by atoms with Crippen molar-refractivity contribution < 1.29 is 9.59 Å². The minimum absolute atomic E-state index is 0.133. The third kappa shape index (κ3) is 5.91. The van der Waals surface area contributed by atoms with Gasteiger partial charge in [-0.3, -0.25) is 9.69 Å². The standard InChI is InChI=1S/C15H21N3O2S/c1-12(21)18(11-8-13-6-4-3-5-7-13)15(20)17(2)10-9-14(16)19/h3-7,21H,1,8-11H2,2H3,(H2,16,19). The Kier molecular flexibility index (Phi) is 6.81. The van der Waals surface area contributed by atoms with Gasteiger partial charge in [0.25, 0.3) is 0 Å². The van der Waals surface area contributed by atoms with Crippen LogP contribution in [0.4, 0.5) is 4.79 Å². The molecule has 0 radical (unpaired) electrons. The summed E-state index contributed by atoms with van der Waals surface area (Å²) in [5.74, 6) is -0.435. The third-order valence-corrected chi connectivity index (χ3v) is 3.27. The van der Waals surface area contributed by atoms with E-state index in [4.69, 9.17) is 5.73 Å². The average molecular weight is 307 g/mol. The van der Waals surface area contributed by atoms with Gasteiger partial charge >= 0.3 is 6.03 Å². The van der Waals surface area contributed by atoms with Crippen molar-refractivity contribution in [3.05, 3.63) is 47.5 Å². The number of nitrogens with two attached hydrogens (primary N) is 1. The molecule has 1 aromatic rings. The number of amides is 3. The zero-order valence-electron chi connectivity index (χ0n) is 12.2. The molecule has 0 saturated heterocycles. The number of thiol groups is 1. The van der Waals surface area contributed by atoms with Gasteiger partial charge in [-0.25, -0.2) is 4.79 Å². The monoisotopic (exact) mass is 307 g/mol. The van der Waals surface area contributed by atoms with Crippen LogP contribution in [0.25, 0.3) is 0 Å². The van der Waals surface area contributed by atoms with Crippen molar-refractivity contribution in [1.82, 2.24) is 9.80 Å². The normalized spacial score (nSPS) is 10.0. The van der Waals surface area contributed by atoms with E-state index in [-0.39, 0.29) is 19.0 Å². The highest BCUT2D eigenvalue weighted by molar-refractivity contribution is 7.84. The molecule has 5 nitrogen and oxygen atoms in total. The van der Waals surface area contributed by atoms with Crippen molar-refractivity contribution in [3.8, 4) is 0 Å². The summed E-state index contributed by atoms with van der Waals surface area (Å²) in [7, 11) is 1.62. The van der Waals surface area contributed by atoms with Crippen LogP contribution in [-0.4, -0.2) is 41.9 Å². The summed E-state index contributed by atoms with van der Waals surface area (Å²) in [6, 6.07) is 9.61. The van der Waals surface area contributed by atoms with E-state index in [2.05, 4.69) is 19.2 Å². The third-order valence-electron chi connectivity index (χ3n) is 3.03. The molecule has 0 saturated carbocycles. The summed E-state index contributed by atoms with van der Waals surface area (Å²) in [6.07, 6.45) is 0.837. The summed E-state index contributed by atoms with van der Waals surface area (Å²) in [6.45, 7) is 4.47. The molecule has 1 aromatic carbocycles. The van der Waals surface area contributed by atoms with E-state index in [0.29, 0.717) is 18.0 Å². The number of nitrogens with zero attached hydrogens (tertiary/aromatic N) is 2. The van der Waals surface area contributed by atoms with E-state index in [9.17, 15) is 9.59 Å². The molecule has 0 spiro atoms. The van der Waals surface area contributed by atoms with Gasteiger partial charge in [-0.15, -0.1) is 12.6 Å². The van der Waals surface area contributed by atoms with E-state index in [1.807, 2.05) is 30.3 Å². The molecule has 0 atom stereocenters. The Labute approximate surface area is 130 Å². The lowest BCUT2D eigenvalue weighted by Gasteiger charge is -2.27.